The number of fused-ring (bicyclic) bond motifs is 1. The number of aromatic nitrogens is 1. The number of benzene rings is 1. The van der Waals surface area contributed by atoms with Gasteiger partial charge in [0.2, 0.25) is 5.89 Å². The molecule has 1 aromatic carbocycles. The minimum atomic E-state index is -0.0276. The van der Waals surface area contributed by atoms with E-state index in [2.05, 4.69) is 70.5 Å². The zero-order chi connectivity index (χ0) is 20.0. The molecule has 1 aliphatic heterocycles. The molecule has 0 bridgehead atoms. The third kappa shape index (κ3) is 6.99. The zero-order valence-corrected chi connectivity index (χ0v) is 20.3. The Labute approximate surface area is 191 Å². The quantitative estimate of drug-likeness (QED) is 0.268. The maximum absolute atomic E-state index is 5.81. The molecular formula is C22H34IN5O. The van der Waals surface area contributed by atoms with Crippen LogP contribution in [0.5, 0.6) is 0 Å². The van der Waals surface area contributed by atoms with Crippen molar-refractivity contribution in [3.63, 3.8) is 0 Å². The van der Waals surface area contributed by atoms with Crippen molar-refractivity contribution in [2.24, 2.45) is 4.99 Å². The second-order valence-corrected chi connectivity index (χ2v) is 8.37. The second kappa shape index (κ2) is 11.0. The summed E-state index contributed by atoms with van der Waals surface area (Å²) in [5.74, 6) is 2.36. The molecule has 7 heteroatoms. The summed E-state index contributed by atoms with van der Waals surface area (Å²) >= 11 is 0. The van der Waals surface area contributed by atoms with Crippen molar-refractivity contribution in [3.8, 4) is 0 Å². The van der Waals surface area contributed by atoms with Crippen LogP contribution < -0.4 is 10.6 Å². The van der Waals surface area contributed by atoms with E-state index < -0.39 is 0 Å². The zero-order valence-electron chi connectivity index (χ0n) is 18.0. The molecule has 29 heavy (non-hydrogen) atoms. The maximum atomic E-state index is 5.81. The number of hydrogen-bond donors (Lipinski definition) is 2. The number of oxazole rings is 1. The highest BCUT2D eigenvalue weighted by molar-refractivity contribution is 14.0. The Balaban J connectivity index is 0.00000300. The smallest absolute Gasteiger partial charge is 0.213 e. The normalized spacial score (nSPS) is 14.8. The predicted octanol–water partition coefficient (Wildman–Crippen LogP) is 3.70. The fourth-order valence-electron chi connectivity index (χ4n) is 3.37. The molecule has 2 aromatic rings. The minimum Gasteiger partial charge on any atom is -0.443 e. The summed E-state index contributed by atoms with van der Waals surface area (Å²) in [6.07, 6.45) is 4.04. The Kier molecular flexibility index (Phi) is 8.95. The third-order valence-electron chi connectivity index (χ3n) is 5.08. The van der Waals surface area contributed by atoms with Crippen LogP contribution in [0.1, 0.15) is 50.0 Å². The minimum absolute atomic E-state index is 0. The van der Waals surface area contributed by atoms with Crippen molar-refractivity contribution in [2.75, 3.05) is 26.7 Å². The molecule has 0 atom stereocenters. The Morgan fingerprint density at radius 2 is 1.97 bits per heavy atom. The van der Waals surface area contributed by atoms with Gasteiger partial charge in [-0.15, -0.1) is 24.0 Å². The van der Waals surface area contributed by atoms with Gasteiger partial charge < -0.3 is 15.1 Å². The predicted molar refractivity (Wildman–Crippen MR) is 129 cm³/mol. The largest absolute Gasteiger partial charge is 0.443 e. The van der Waals surface area contributed by atoms with Crippen LogP contribution in [0.25, 0.3) is 0 Å². The molecule has 0 fully saturated rings. The van der Waals surface area contributed by atoms with Crippen molar-refractivity contribution in [1.82, 2.24) is 20.5 Å². The van der Waals surface area contributed by atoms with E-state index >= 15 is 0 Å². The highest BCUT2D eigenvalue weighted by Gasteiger charge is 2.19. The second-order valence-electron chi connectivity index (χ2n) is 8.37. The van der Waals surface area contributed by atoms with Crippen LogP contribution in [0.4, 0.5) is 0 Å². The van der Waals surface area contributed by atoms with Crippen molar-refractivity contribution < 1.29 is 4.42 Å². The first kappa shape index (κ1) is 23.7. The summed E-state index contributed by atoms with van der Waals surface area (Å²) in [7, 11) is 1.78. The van der Waals surface area contributed by atoms with E-state index in [1.54, 1.807) is 7.05 Å². The Morgan fingerprint density at radius 3 is 2.66 bits per heavy atom. The van der Waals surface area contributed by atoms with Crippen LogP contribution >= 0.6 is 24.0 Å². The van der Waals surface area contributed by atoms with Gasteiger partial charge in [0.25, 0.3) is 0 Å². The van der Waals surface area contributed by atoms with Gasteiger partial charge in [0.15, 0.2) is 5.96 Å². The average molecular weight is 511 g/mol. The summed E-state index contributed by atoms with van der Waals surface area (Å²) in [5, 5.41) is 6.65. The van der Waals surface area contributed by atoms with Crippen LogP contribution in [0.2, 0.25) is 0 Å². The summed E-state index contributed by atoms with van der Waals surface area (Å²) < 4.78 is 5.81. The Hall–Kier alpha value is -1.61. The summed E-state index contributed by atoms with van der Waals surface area (Å²) in [5.41, 5.74) is 2.95. The number of guanidine groups is 1. The van der Waals surface area contributed by atoms with Gasteiger partial charge in [-0.25, -0.2) is 4.98 Å². The average Bonchev–Trinajstić information content (AvgIpc) is 3.17. The first-order valence-corrected chi connectivity index (χ1v) is 10.1. The number of hydrogen-bond acceptors (Lipinski definition) is 4. The standard InChI is InChI=1S/C22H33N5O.HI/c1-22(2,3)19-14-25-20(28-19)15-26-21(23-4)24-11-7-12-27-13-10-17-8-5-6-9-18(17)16-27;/h5-6,8-9,14H,7,10-13,15-16H2,1-4H3,(H2,23,24,26);1H. The molecule has 0 radical (unpaired) electrons. The Bertz CT molecular complexity index is 796. The van der Waals surface area contributed by atoms with Crippen LogP contribution in [0, 0.1) is 0 Å². The van der Waals surface area contributed by atoms with E-state index in [9.17, 15) is 0 Å². The molecular weight excluding hydrogens is 477 g/mol. The van der Waals surface area contributed by atoms with Gasteiger partial charge in [0.1, 0.15) is 5.76 Å². The van der Waals surface area contributed by atoms with Gasteiger partial charge >= 0.3 is 0 Å². The van der Waals surface area contributed by atoms with Crippen molar-refractivity contribution in [2.45, 2.75) is 52.1 Å². The van der Waals surface area contributed by atoms with E-state index in [1.807, 2.05) is 6.20 Å². The monoisotopic (exact) mass is 511 g/mol. The molecule has 160 valence electrons. The molecule has 0 saturated carbocycles. The fraction of sp³-hybridized carbons (Fsp3) is 0.545. The number of halogens is 1. The lowest BCUT2D eigenvalue weighted by molar-refractivity contribution is 0.251. The van der Waals surface area contributed by atoms with Crippen LogP contribution in [0.3, 0.4) is 0 Å². The summed E-state index contributed by atoms with van der Waals surface area (Å²) in [4.78, 5) is 11.2. The summed E-state index contributed by atoms with van der Waals surface area (Å²) in [6, 6.07) is 8.78. The highest BCUT2D eigenvalue weighted by Crippen LogP contribution is 2.22. The van der Waals surface area contributed by atoms with Gasteiger partial charge in [0, 0.05) is 38.6 Å². The van der Waals surface area contributed by atoms with Gasteiger partial charge in [0.05, 0.1) is 12.7 Å². The Morgan fingerprint density at radius 1 is 1.21 bits per heavy atom. The van der Waals surface area contributed by atoms with Gasteiger partial charge in [-0.2, -0.15) is 0 Å². The lowest BCUT2D eigenvalue weighted by Crippen LogP contribution is -2.39. The molecule has 3 rings (SSSR count). The van der Waals surface area contributed by atoms with Crippen LogP contribution in [-0.2, 0) is 24.9 Å². The van der Waals surface area contributed by atoms with Gasteiger partial charge in [-0.3, -0.25) is 9.89 Å². The third-order valence-corrected chi connectivity index (χ3v) is 5.08. The van der Waals surface area contributed by atoms with E-state index in [0.29, 0.717) is 12.4 Å². The number of aliphatic imine (C=N–C) groups is 1. The molecule has 1 aliphatic rings. The molecule has 0 saturated heterocycles. The molecule has 0 spiro atoms. The molecule has 6 nitrogen and oxygen atoms in total. The van der Waals surface area contributed by atoms with E-state index in [-0.39, 0.29) is 29.4 Å². The molecule has 0 aliphatic carbocycles. The SMILES string of the molecule is CN=C(NCCCN1CCc2ccccc2C1)NCc1ncc(C(C)(C)C)o1.I. The molecule has 2 heterocycles. The van der Waals surface area contributed by atoms with Gasteiger partial charge in [-0.05, 0) is 24.0 Å². The number of nitrogens with zero attached hydrogens (tertiary/aromatic N) is 3. The molecule has 0 amide bonds. The highest BCUT2D eigenvalue weighted by atomic mass is 127. The van der Waals surface area contributed by atoms with Gasteiger partial charge in [-0.1, -0.05) is 45.0 Å². The van der Waals surface area contributed by atoms with E-state index in [1.165, 1.54) is 11.1 Å². The number of nitrogens with one attached hydrogen (secondary N) is 2. The maximum Gasteiger partial charge on any atom is 0.213 e. The fourth-order valence-corrected chi connectivity index (χ4v) is 3.37. The lowest BCUT2D eigenvalue weighted by atomic mass is 9.94. The van der Waals surface area contributed by atoms with Crippen molar-refractivity contribution >= 4 is 29.9 Å². The first-order valence-electron chi connectivity index (χ1n) is 10.1. The molecule has 1 aromatic heterocycles. The summed E-state index contributed by atoms with van der Waals surface area (Å²) in [6.45, 7) is 11.1. The van der Waals surface area contributed by atoms with E-state index in [4.69, 9.17) is 4.42 Å². The lowest BCUT2D eigenvalue weighted by Gasteiger charge is -2.28. The molecule has 0 unspecified atom stereocenters. The first-order chi connectivity index (χ1) is 13.5. The van der Waals surface area contributed by atoms with Crippen LogP contribution in [-0.4, -0.2) is 42.5 Å². The van der Waals surface area contributed by atoms with Crippen molar-refractivity contribution in [3.05, 3.63) is 53.2 Å². The molecule has 2 N–H and O–H groups in total. The van der Waals surface area contributed by atoms with Crippen LogP contribution in [0.15, 0.2) is 39.9 Å². The number of rotatable bonds is 6. The van der Waals surface area contributed by atoms with E-state index in [0.717, 1.165) is 50.7 Å². The van der Waals surface area contributed by atoms with Crippen molar-refractivity contribution in [1.29, 1.82) is 0 Å². The topological polar surface area (TPSA) is 65.7 Å².